The van der Waals surface area contributed by atoms with Gasteiger partial charge in [-0.05, 0) is 29.8 Å². The van der Waals surface area contributed by atoms with Crippen LogP contribution in [-0.2, 0) is 12.7 Å². The number of carboxylic acid groups (broad SMARTS) is 1. The zero-order valence-electron chi connectivity index (χ0n) is 14.1. The Morgan fingerprint density at radius 1 is 1.14 bits per heavy atom. The van der Waals surface area contributed by atoms with Crippen LogP contribution in [0.5, 0.6) is 5.75 Å². The summed E-state index contributed by atoms with van der Waals surface area (Å²) in [4.78, 5) is 23.1. The first kappa shape index (κ1) is 20.6. The Morgan fingerprint density at radius 3 is 2.41 bits per heavy atom. The average molecular weight is 434 g/mol. The highest BCUT2D eigenvalue weighted by atomic mass is 35.5. The van der Waals surface area contributed by atoms with Gasteiger partial charge in [0.25, 0.3) is 0 Å². The fraction of sp³-hybridized carbons (Fsp3) is 0.111. The number of hydrogen-bond donors (Lipinski definition) is 1. The van der Waals surface area contributed by atoms with Gasteiger partial charge in [-0.15, -0.1) is 0 Å². The number of hydrogen-bond acceptors (Lipinski definition) is 3. The highest BCUT2D eigenvalue weighted by molar-refractivity contribution is 6.31. The van der Waals surface area contributed by atoms with Gasteiger partial charge in [0.15, 0.2) is 5.75 Å². The predicted molar refractivity (Wildman–Crippen MR) is 92.3 cm³/mol. The monoisotopic (exact) mass is 433 g/mol. The van der Waals surface area contributed by atoms with Gasteiger partial charge in [0.05, 0.1) is 27.7 Å². The van der Waals surface area contributed by atoms with Gasteiger partial charge >= 0.3 is 12.3 Å². The second-order valence-electron chi connectivity index (χ2n) is 5.88. The molecule has 0 amide bonds. The third-order valence-electron chi connectivity index (χ3n) is 3.98. The van der Waals surface area contributed by atoms with E-state index in [-0.39, 0.29) is 5.56 Å². The molecule has 0 unspecified atom stereocenters. The predicted octanol–water partition coefficient (Wildman–Crippen LogP) is 5.06. The minimum absolute atomic E-state index is 0.0170. The smallest absolute Gasteiger partial charge is 0.449 e. The highest BCUT2D eigenvalue weighted by Gasteiger charge is 2.33. The number of nitrogens with zero attached hydrogens (tertiary/aromatic N) is 1. The molecule has 0 saturated heterocycles. The average Bonchev–Trinajstić information content (AvgIpc) is 2.61. The van der Waals surface area contributed by atoms with Crippen molar-refractivity contribution in [1.29, 1.82) is 0 Å². The number of aromatic nitrogens is 1. The molecule has 0 fully saturated rings. The minimum Gasteiger partial charge on any atom is -0.449 e. The summed E-state index contributed by atoms with van der Waals surface area (Å²) in [6, 6.07) is 4.31. The van der Waals surface area contributed by atoms with E-state index in [0.29, 0.717) is 12.1 Å². The summed E-state index contributed by atoms with van der Waals surface area (Å²) in [5, 5.41) is 7.39. The minimum atomic E-state index is -4.76. The van der Waals surface area contributed by atoms with Gasteiger partial charge in [0.2, 0.25) is 5.43 Å². The van der Waals surface area contributed by atoms with E-state index in [1.807, 2.05) is 0 Å². The molecule has 1 heterocycles. The Labute approximate surface area is 163 Å². The van der Waals surface area contributed by atoms with Crippen LogP contribution in [0.2, 0.25) is 5.02 Å². The van der Waals surface area contributed by atoms with E-state index in [1.54, 1.807) is 0 Å². The van der Waals surface area contributed by atoms with Gasteiger partial charge in [-0.3, -0.25) is 4.79 Å². The van der Waals surface area contributed by atoms with Crippen molar-refractivity contribution in [1.82, 2.24) is 4.57 Å². The molecule has 0 bridgehead atoms. The van der Waals surface area contributed by atoms with E-state index in [2.05, 4.69) is 4.74 Å². The third-order valence-corrected chi connectivity index (χ3v) is 4.30. The largest absolute Gasteiger partial charge is 0.511 e. The SMILES string of the molecule is O=C(O)Oc1cn(Cc2ccc(Cl)c(C(F)(F)F)c2)c2c(F)ccc(F)c2c1=O. The van der Waals surface area contributed by atoms with Crippen LogP contribution in [0.3, 0.4) is 0 Å². The zero-order valence-corrected chi connectivity index (χ0v) is 14.8. The summed E-state index contributed by atoms with van der Waals surface area (Å²) in [6.45, 7) is -0.465. The molecular formula is C18H9ClF5NO4. The molecule has 0 aliphatic heterocycles. The van der Waals surface area contributed by atoms with E-state index in [1.165, 1.54) is 6.07 Å². The van der Waals surface area contributed by atoms with Crippen LogP contribution in [0.1, 0.15) is 11.1 Å². The Morgan fingerprint density at radius 2 is 1.79 bits per heavy atom. The molecule has 2 aromatic carbocycles. The van der Waals surface area contributed by atoms with Gasteiger partial charge < -0.3 is 14.4 Å². The molecule has 0 radical (unpaired) electrons. The zero-order chi connectivity index (χ0) is 21.5. The summed E-state index contributed by atoms with van der Waals surface area (Å²) in [7, 11) is 0. The standard InChI is InChI=1S/C18H9ClF5NO4/c19-10-2-1-8(5-9(10)18(22,23)24)6-25-7-13(29-17(27)28)16(26)14-11(20)3-4-12(21)15(14)25/h1-5,7H,6H2,(H,27,28). The molecule has 0 spiro atoms. The Hall–Kier alpha value is -3.14. The van der Waals surface area contributed by atoms with Crippen LogP contribution in [-0.4, -0.2) is 15.8 Å². The van der Waals surface area contributed by atoms with Gasteiger partial charge in [0.1, 0.15) is 11.6 Å². The number of benzene rings is 2. The normalized spacial score (nSPS) is 11.7. The van der Waals surface area contributed by atoms with Crippen molar-refractivity contribution in [3.05, 3.63) is 74.5 Å². The summed E-state index contributed by atoms with van der Waals surface area (Å²) < 4.78 is 73.0. The lowest BCUT2D eigenvalue weighted by Gasteiger charge is -2.16. The topological polar surface area (TPSA) is 68.5 Å². The van der Waals surface area contributed by atoms with Crippen molar-refractivity contribution in [2.24, 2.45) is 0 Å². The van der Waals surface area contributed by atoms with E-state index >= 15 is 0 Å². The Bertz CT molecular complexity index is 1190. The molecule has 0 aliphatic carbocycles. The summed E-state index contributed by atoms with van der Waals surface area (Å²) in [5.41, 5.74) is -2.94. The number of rotatable bonds is 3. The van der Waals surface area contributed by atoms with Crippen LogP contribution in [0.4, 0.5) is 26.7 Å². The van der Waals surface area contributed by atoms with Gasteiger partial charge in [-0.25, -0.2) is 13.6 Å². The van der Waals surface area contributed by atoms with E-state index in [9.17, 15) is 31.5 Å². The molecule has 3 aromatic rings. The molecule has 152 valence electrons. The van der Waals surface area contributed by atoms with Crippen molar-refractivity contribution in [3.8, 4) is 5.75 Å². The van der Waals surface area contributed by atoms with Crippen LogP contribution in [0, 0.1) is 11.6 Å². The van der Waals surface area contributed by atoms with Crippen molar-refractivity contribution in [2.75, 3.05) is 0 Å². The van der Waals surface area contributed by atoms with Crippen LogP contribution in [0.15, 0.2) is 41.3 Å². The summed E-state index contributed by atoms with van der Waals surface area (Å²) >= 11 is 5.57. The van der Waals surface area contributed by atoms with Crippen LogP contribution >= 0.6 is 11.6 Å². The fourth-order valence-corrected chi connectivity index (χ4v) is 3.03. The van der Waals surface area contributed by atoms with Crippen molar-refractivity contribution >= 4 is 28.7 Å². The summed E-state index contributed by atoms with van der Waals surface area (Å²) in [5.74, 6) is -3.02. The lowest BCUT2D eigenvalue weighted by atomic mass is 10.1. The second-order valence-corrected chi connectivity index (χ2v) is 6.29. The molecule has 3 rings (SSSR count). The number of carbonyl (C=O) groups is 1. The molecule has 5 nitrogen and oxygen atoms in total. The maximum absolute atomic E-state index is 14.4. The first-order chi connectivity index (χ1) is 13.5. The third kappa shape index (κ3) is 4.02. The molecular weight excluding hydrogens is 425 g/mol. The van der Waals surface area contributed by atoms with Crippen molar-refractivity contribution < 1.29 is 36.6 Å². The molecule has 0 aliphatic rings. The lowest BCUT2D eigenvalue weighted by molar-refractivity contribution is -0.137. The molecule has 1 N–H and O–H groups in total. The molecule has 0 saturated carbocycles. The van der Waals surface area contributed by atoms with Gasteiger partial charge in [-0.2, -0.15) is 13.2 Å². The molecule has 11 heteroatoms. The summed E-state index contributed by atoms with van der Waals surface area (Å²) in [6.07, 6.45) is -5.85. The number of alkyl halides is 3. The van der Waals surface area contributed by atoms with Gasteiger partial charge in [-0.1, -0.05) is 17.7 Å². The Kier molecular flexibility index (Phi) is 5.22. The Balaban J connectivity index is 2.24. The highest BCUT2D eigenvalue weighted by Crippen LogP contribution is 2.35. The first-order valence-corrected chi connectivity index (χ1v) is 8.14. The number of halogens is 6. The number of ether oxygens (including phenoxy) is 1. The quantitative estimate of drug-likeness (QED) is 0.463. The number of pyridine rings is 1. The van der Waals surface area contributed by atoms with Crippen molar-refractivity contribution in [3.63, 3.8) is 0 Å². The second kappa shape index (κ2) is 7.36. The van der Waals surface area contributed by atoms with E-state index in [4.69, 9.17) is 16.7 Å². The molecule has 29 heavy (non-hydrogen) atoms. The molecule has 0 atom stereocenters. The van der Waals surface area contributed by atoms with Crippen LogP contribution in [0.25, 0.3) is 10.9 Å². The van der Waals surface area contributed by atoms with E-state index in [0.717, 1.165) is 22.9 Å². The maximum atomic E-state index is 14.4. The van der Waals surface area contributed by atoms with Gasteiger partial charge in [0, 0.05) is 6.54 Å². The maximum Gasteiger partial charge on any atom is 0.511 e. The lowest BCUT2D eigenvalue weighted by Crippen LogP contribution is -2.18. The number of fused-ring (bicyclic) bond motifs is 1. The fourth-order valence-electron chi connectivity index (χ4n) is 2.80. The molecule has 1 aromatic heterocycles. The van der Waals surface area contributed by atoms with Crippen LogP contribution < -0.4 is 10.2 Å². The van der Waals surface area contributed by atoms with E-state index < -0.39 is 63.2 Å². The first-order valence-electron chi connectivity index (χ1n) is 7.76. The van der Waals surface area contributed by atoms with Crippen molar-refractivity contribution in [2.45, 2.75) is 12.7 Å².